The molecule has 4 heteroatoms. The number of hydrogen-bond donors (Lipinski definition) is 0. The lowest BCUT2D eigenvalue weighted by atomic mass is 9.74. The minimum absolute atomic E-state index is 0.203. The van der Waals surface area contributed by atoms with Crippen molar-refractivity contribution in [2.75, 3.05) is 11.9 Å². The number of hydrogen-bond acceptors (Lipinski definition) is 4. The maximum absolute atomic E-state index is 13.2. The van der Waals surface area contributed by atoms with Gasteiger partial charge in [-0.15, -0.1) is 0 Å². The van der Waals surface area contributed by atoms with Crippen LogP contribution in [0.25, 0.3) is 16.8 Å². The van der Waals surface area contributed by atoms with Crippen molar-refractivity contribution in [2.45, 2.75) is 19.3 Å². The van der Waals surface area contributed by atoms with E-state index in [0.29, 0.717) is 11.1 Å². The molecule has 0 amide bonds. The highest BCUT2D eigenvalue weighted by Crippen LogP contribution is 2.48. The van der Waals surface area contributed by atoms with E-state index in [2.05, 4.69) is 41.9 Å². The highest BCUT2D eigenvalue weighted by molar-refractivity contribution is 6.42. The summed E-state index contributed by atoms with van der Waals surface area (Å²) in [5.41, 5.74) is 6.36. The Bertz CT molecular complexity index is 1490. The number of carbonyl (C=O) groups is 2. The number of allylic oxidation sites excluding steroid dienone is 1. The van der Waals surface area contributed by atoms with Crippen LogP contribution in [0.4, 0.5) is 11.4 Å². The molecule has 0 saturated carbocycles. The van der Waals surface area contributed by atoms with E-state index >= 15 is 0 Å². The molecular formula is C29H22N2O2. The largest absolute Gasteiger partial charge is 0.343 e. The Morgan fingerprint density at radius 1 is 0.818 bits per heavy atom. The van der Waals surface area contributed by atoms with Gasteiger partial charge in [-0.3, -0.25) is 14.6 Å². The van der Waals surface area contributed by atoms with Crippen molar-refractivity contribution in [3.05, 3.63) is 106 Å². The van der Waals surface area contributed by atoms with E-state index in [-0.39, 0.29) is 22.6 Å². The zero-order chi connectivity index (χ0) is 22.9. The highest BCUT2D eigenvalue weighted by Gasteiger charge is 2.36. The summed E-state index contributed by atoms with van der Waals surface area (Å²) >= 11 is 0. The maximum Gasteiger partial charge on any atom is 0.197 e. The second kappa shape index (κ2) is 6.72. The third-order valence-corrected chi connectivity index (χ3v) is 7.07. The van der Waals surface area contributed by atoms with Gasteiger partial charge in [0.25, 0.3) is 0 Å². The standard InChI is InChI=1S/C29H22N2O2/c1-29(2)23-10-11-30-16-26(23)31(3)25-9-8-17(13-24(25)29)12-22-27(32)20-14-18-6-4-5-7-19(18)15-21(20)28(22)33/h4-16H,1-3H3. The lowest BCUT2D eigenvalue weighted by Gasteiger charge is -2.40. The van der Waals surface area contributed by atoms with Gasteiger partial charge in [0.2, 0.25) is 0 Å². The number of nitrogens with zero attached hydrogens (tertiary/aromatic N) is 2. The van der Waals surface area contributed by atoms with Gasteiger partial charge in [0.05, 0.1) is 17.5 Å². The van der Waals surface area contributed by atoms with Gasteiger partial charge in [0.15, 0.2) is 11.6 Å². The SMILES string of the molecule is CN1c2cnccc2C(C)(C)c2cc(C=C3C(=O)c4cc5ccccc5cc4C3=O)ccc21. The van der Waals surface area contributed by atoms with E-state index in [1.54, 1.807) is 6.08 Å². The molecule has 1 aliphatic heterocycles. The summed E-state index contributed by atoms with van der Waals surface area (Å²) in [4.78, 5) is 32.8. The van der Waals surface area contributed by atoms with Crippen LogP contribution >= 0.6 is 0 Å². The van der Waals surface area contributed by atoms with Gasteiger partial charge in [-0.1, -0.05) is 44.2 Å². The maximum atomic E-state index is 13.2. The van der Waals surface area contributed by atoms with Gasteiger partial charge < -0.3 is 4.90 Å². The number of aromatic nitrogens is 1. The smallest absolute Gasteiger partial charge is 0.197 e. The lowest BCUT2D eigenvalue weighted by molar-refractivity contribution is 0.0990. The minimum atomic E-state index is -0.237. The van der Waals surface area contributed by atoms with Crippen molar-refractivity contribution in [2.24, 2.45) is 0 Å². The van der Waals surface area contributed by atoms with Gasteiger partial charge in [-0.2, -0.15) is 0 Å². The molecule has 0 N–H and O–H groups in total. The van der Waals surface area contributed by atoms with Crippen molar-refractivity contribution < 1.29 is 9.59 Å². The Kier molecular flexibility index (Phi) is 4.00. The van der Waals surface area contributed by atoms with E-state index in [0.717, 1.165) is 33.3 Å². The molecule has 4 nitrogen and oxygen atoms in total. The van der Waals surface area contributed by atoms with Gasteiger partial charge >= 0.3 is 0 Å². The summed E-state index contributed by atoms with van der Waals surface area (Å²) in [6.45, 7) is 4.39. The monoisotopic (exact) mass is 430 g/mol. The van der Waals surface area contributed by atoms with Crippen LogP contribution < -0.4 is 4.90 Å². The molecule has 0 spiro atoms. The third-order valence-electron chi connectivity index (χ3n) is 7.07. The topological polar surface area (TPSA) is 50.3 Å². The van der Waals surface area contributed by atoms with Crippen molar-refractivity contribution in [3.63, 3.8) is 0 Å². The van der Waals surface area contributed by atoms with Crippen LogP contribution in [-0.4, -0.2) is 23.6 Å². The number of pyridine rings is 1. The first kappa shape index (κ1) is 19.6. The normalized spacial score (nSPS) is 16.0. The Hall–Kier alpha value is -4.05. The minimum Gasteiger partial charge on any atom is -0.343 e. The molecule has 2 aliphatic rings. The van der Waals surface area contributed by atoms with Crippen LogP contribution in [0.1, 0.15) is 51.3 Å². The van der Waals surface area contributed by atoms with Crippen LogP contribution in [0.15, 0.2) is 78.6 Å². The summed E-state index contributed by atoms with van der Waals surface area (Å²) in [6.07, 6.45) is 5.46. The number of anilines is 2. The van der Waals surface area contributed by atoms with Crippen molar-refractivity contribution in [1.82, 2.24) is 4.98 Å². The fraction of sp³-hybridized carbons (Fsp3) is 0.138. The van der Waals surface area contributed by atoms with Gasteiger partial charge in [0, 0.05) is 35.5 Å². The van der Waals surface area contributed by atoms with Crippen molar-refractivity contribution >= 4 is 39.8 Å². The summed E-state index contributed by atoms with van der Waals surface area (Å²) in [5.74, 6) is -0.405. The molecule has 0 unspecified atom stereocenters. The zero-order valence-electron chi connectivity index (χ0n) is 18.7. The van der Waals surface area contributed by atoms with Gasteiger partial charge in [-0.25, -0.2) is 0 Å². The predicted molar refractivity (Wildman–Crippen MR) is 131 cm³/mol. The van der Waals surface area contributed by atoms with Crippen LogP contribution in [0.5, 0.6) is 0 Å². The predicted octanol–water partition coefficient (Wildman–Crippen LogP) is 6.10. The summed E-state index contributed by atoms with van der Waals surface area (Å²) < 4.78 is 0. The third kappa shape index (κ3) is 2.74. The molecule has 3 aromatic carbocycles. The Morgan fingerprint density at radius 3 is 2.15 bits per heavy atom. The zero-order valence-corrected chi connectivity index (χ0v) is 18.7. The molecule has 1 aliphatic carbocycles. The van der Waals surface area contributed by atoms with Crippen LogP contribution in [0.3, 0.4) is 0 Å². The number of Topliss-reactive ketones (excluding diaryl/α,β-unsaturated/α-hetero) is 2. The van der Waals surface area contributed by atoms with Crippen molar-refractivity contribution in [3.8, 4) is 0 Å². The molecule has 1 aromatic heterocycles. The van der Waals surface area contributed by atoms with E-state index in [4.69, 9.17) is 0 Å². The number of carbonyl (C=O) groups excluding carboxylic acids is 2. The Labute approximate surface area is 192 Å². The molecule has 0 radical (unpaired) electrons. The molecule has 33 heavy (non-hydrogen) atoms. The number of rotatable bonds is 1. The van der Waals surface area contributed by atoms with Crippen LogP contribution in [-0.2, 0) is 5.41 Å². The van der Waals surface area contributed by atoms with Crippen LogP contribution in [0, 0.1) is 0 Å². The molecule has 0 bridgehead atoms. The van der Waals surface area contributed by atoms with Crippen LogP contribution in [0.2, 0.25) is 0 Å². The molecule has 0 atom stereocenters. The second-order valence-electron chi connectivity index (χ2n) is 9.31. The Balaban J connectivity index is 1.46. The molecular weight excluding hydrogens is 408 g/mol. The highest BCUT2D eigenvalue weighted by atomic mass is 16.2. The average Bonchev–Trinajstić information content (AvgIpc) is 3.05. The molecule has 160 valence electrons. The summed E-state index contributed by atoms with van der Waals surface area (Å²) in [5, 5.41) is 1.93. The first-order chi connectivity index (χ1) is 15.9. The quantitative estimate of drug-likeness (QED) is 0.270. The molecule has 4 aromatic rings. The fourth-order valence-corrected chi connectivity index (χ4v) is 5.20. The lowest BCUT2D eigenvalue weighted by Crippen LogP contribution is -2.31. The number of fused-ring (bicyclic) bond motifs is 4. The average molecular weight is 431 g/mol. The first-order valence-electron chi connectivity index (χ1n) is 11.0. The number of benzene rings is 3. The van der Waals surface area contributed by atoms with E-state index in [1.807, 2.05) is 61.9 Å². The fourth-order valence-electron chi connectivity index (χ4n) is 5.20. The molecule has 6 rings (SSSR count). The Morgan fingerprint density at radius 2 is 1.48 bits per heavy atom. The first-order valence-corrected chi connectivity index (χ1v) is 11.0. The summed E-state index contributed by atoms with van der Waals surface area (Å²) in [7, 11) is 2.04. The molecule has 0 fully saturated rings. The van der Waals surface area contributed by atoms with E-state index in [1.165, 1.54) is 5.56 Å². The summed E-state index contributed by atoms with van der Waals surface area (Å²) in [6, 6.07) is 19.7. The number of ketones is 2. The van der Waals surface area contributed by atoms with Crippen molar-refractivity contribution in [1.29, 1.82) is 0 Å². The molecule has 0 saturated heterocycles. The van der Waals surface area contributed by atoms with Gasteiger partial charge in [-0.05, 0) is 63.9 Å². The van der Waals surface area contributed by atoms with E-state index in [9.17, 15) is 9.59 Å². The molecule has 2 heterocycles. The van der Waals surface area contributed by atoms with Gasteiger partial charge in [0.1, 0.15) is 0 Å². The second-order valence-corrected chi connectivity index (χ2v) is 9.31. The van der Waals surface area contributed by atoms with E-state index < -0.39 is 0 Å².